The number of benzene rings is 3. The summed E-state index contributed by atoms with van der Waals surface area (Å²) in [6.07, 6.45) is 0.601. The summed E-state index contributed by atoms with van der Waals surface area (Å²) >= 11 is 0. The van der Waals surface area contributed by atoms with Crippen molar-refractivity contribution in [1.82, 2.24) is 4.72 Å². The smallest absolute Gasteiger partial charge is 0.240 e. The summed E-state index contributed by atoms with van der Waals surface area (Å²) in [5.41, 5.74) is 1.02. The van der Waals surface area contributed by atoms with Gasteiger partial charge in [-0.3, -0.25) is 0 Å². The number of methoxy groups -OCH3 is 1. The molecule has 3 aromatic rings. The first-order chi connectivity index (χ1) is 11.6. The van der Waals surface area contributed by atoms with Gasteiger partial charge in [0.2, 0.25) is 10.0 Å². The average Bonchev–Trinajstić information content (AvgIpc) is 2.61. The van der Waals surface area contributed by atoms with Crippen LogP contribution >= 0.6 is 0 Å². The van der Waals surface area contributed by atoms with Crippen molar-refractivity contribution >= 4 is 20.8 Å². The molecular weight excluding hydrogens is 322 g/mol. The maximum Gasteiger partial charge on any atom is 0.240 e. The van der Waals surface area contributed by atoms with Gasteiger partial charge in [-0.2, -0.15) is 0 Å². The molecule has 0 aliphatic carbocycles. The van der Waals surface area contributed by atoms with Crippen LogP contribution in [0.15, 0.2) is 71.6 Å². The first kappa shape index (κ1) is 16.5. The third-order valence-electron chi connectivity index (χ3n) is 3.87. The zero-order chi connectivity index (χ0) is 17.0. The summed E-state index contributed by atoms with van der Waals surface area (Å²) in [4.78, 5) is 0.284. The van der Waals surface area contributed by atoms with Gasteiger partial charge in [0, 0.05) is 6.54 Å². The van der Waals surface area contributed by atoms with Crippen LogP contribution in [-0.2, 0) is 16.4 Å². The zero-order valence-electron chi connectivity index (χ0n) is 13.4. The third kappa shape index (κ3) is 3.75. The Balaban J connectivity index is 1.70. The summed E-state index contributed by atoms with van der Waals surface area (Å²) in [5, 5.41) is 1.93. The highest BCUT2D eigenvalue weighted by atomic mass is 32.2. The highest BCUT2D eigenvalue weighted by molar-refractivity contribution is 7.89. The lowest BCUT2D eigenvalue weighted by Gasteiger charge is -2.09. The fraction of sp³-hybridized carbons (Fsp3) is 0.158. The van der Waals surface area contributed by atoms with E-state index in [0.717, 1.165) is 22.1 Å². The van der Waals surface area contributed by atoms with E-state index in [4.69, 9.17) is 4.74 Å². The van der Waals surface area contributed by atoms with E-state index in [1.54, 1.807) is 19.2 Å². The van der Waals surface area contributed by atoms with Gasteiger partial charge in [0.05, 0.1) is 12.0 Å². The topological polar surface area (TPSA) is 55.4 Å². The third-order valence-corrected chi connectivity index (χ3v) is 5.33. The van der Waals surface area contributed by atoms with E-state index in [-0.39, 0.29) is 4.90 Å². The highest BCUT2D eigenvalue weighted by Gasteiger charge is 2.13. The largest absolute Gasteiger partial charge is 0.497 e. The van der Waals surface area contributed by atoms with E-state index in [0.29, 0.717) is 13.0 Å². The van der Waals surface area contributed by atoms with E-state index in [9.17, 15) is 8.42 Å². The molecule has 5 heteroatoms. The molecule has 0 amide bonds. The summed E-state index contributed by atoms with van der Waals surface area (Å²) in [6.45, 7) is 0.336. The Morgan fingerprint density at radius 2 is 1.71 bits per heavy atom. The van der Waals surface area contributed by atoms with Crippen molar-refractivity contribution in [1.29, 1.82) is 0 Å². The second kappa shape index (κ2) is 7.03. The fourth-order valence-corrected chi connectivity index (χ4v) is 3.64. The van der Waals surface area contributed by atoms with Crippen molar-refractivity contribution < 1.29 is 13.2 Å². The molecule has 0 heterocycles. The van der Waals surface area contributed by atoms with Gasteiger partial charge >= 0.3 is 0 Å². The summed E-state index contributed by atoms with van der Waals surface area (Å²) in [7, 11) is -1.91. The number of fused-ring (bicyclic) bond motifs is 1. The average molecular weight is 341 g/mol. The zero-order valence-corrected chi connectivity index (χ0v) is 14.2. The molecule has 0 aromatic heterocycles. The van der Waals surface area contributed by atoms with Gasteiger partial charge in [-0.1, -0.05) is 42.5 Å². The van der Waals surface area contributed by atoms with Crippen molar-refractivity contribution in [3.63, 3.8) is 0 Å². The molecule has 24 heavy (non-hydrogen) atoms. The number of hydrogen-bond donors (Lipinski definition) is 1. The van der Waals surface area contributed by atoms with E-state index in [1.165, 1.54) is 0 Å². The lowest BCUT2D eigenvalue weighted by molar-refractivity contribution is 0.414. The van der Waals surface area contributed by atoms with Crippen molar-refractivity contribution in [3.8, 4) is 5.75 Å². The molecule has 0 atom stereocenters. The van der Waals surface area contributed by atoms with Crippen molar-refractivity contribution in [3.05, 3.63) is 72.3 Å². The molecule has 3 rings (SSSR count). The Bertz CT molecular complexity index is 951. The Hall–Kier alpha value is -2.37. The highest BCUT2D eigenvalue weighted by Crippen LogP contribution is 2.19. The Labute approximate surface area is 142 Å². The van der Waals surface area contributed by atoms with Crippen LogP contribution in [0.3, 0.4) is 0 Å². The minimum atomic E-state index is -3.52. The molecular formula is C19H19NO3S. The Kier molecular flexibility index (Phi) is 4.83. The number of nitrogens with one attached hydrogen (secondary N) is 1. The van der Waals surface area contributed by atoms with Crippen LogP contribution in [0.5, 0.6) is 5.75 Å². The number of sulfonamides is 1. The van der Waals surface area contributed by atoms with Crippen LogP contribution in [0.2, 0.25) is 0 Å². The first-order valence-corrected chi connectivity index (χ1v) is 9.18. The maximum absolute atomic E-state index is 12.5. The van der Waals surface area contributed by atoms with Gasteiger partial charge in [-0.05, 0) is 47.0 Å². The van der Waals surface area contributed by atoms with Crippen LogP contribution < -0.4 is 9.46 Å². The van der Waals surface area contributed by atoms with Crippen LogP contribution in [-0.4, -0.2) is 22.1 Å². The maximum atomic E-state index is 12.5. The molecule has 0 saturated heterocycles. The Morgan fingerprint density at radius 1 is 0.917 bits per heavy atom. The number of hydrogen-bond acceptors (Lipinski definition) is 3. The van der Waals surface area contributed by atoms with Crippen molar-refractivity contribution in [2.45, 2.75) is 11.3 Å². The van der Waals surface area contributed by atoms with Crippen molar-refractivity contribution in [2.24, 2.45) is 0 Å². The molecule has 0 fully saturated rings. The number of rotatable bonds is 6. The van der Waals surface area contributed by atoms with Gasteiger partial charge in [-0.15, -0.1) is 0 Å². The predicted molar refractivity (Wildman–Crippen MR) is 95.8 cm³/mol. The molecule has 3 aromatic carbocycles. The molecule has 0 radical (unpaired) electrons. The summed E-state index contributed by atoms with van der Waals surface area (Å²) < 4.78 is 32.7. The Morgan fingerprint density at radius 3 is 2.50 bits per heavy atom. The normalized spacial score (nSPS) is 11.5. The molecule has 0 bridgehead atoms. The number of ether oxygens (including phenoxy) is 1. The predicted octanol–water partition coefficient (Wildman–Crippen LogP) is 3.37. The molecule has 124 valence electrons. The molecule has 4 nitrogen and oxygen atoms in total. The molecule has 0 unspecified atom stereocenters. The van der Waals surface area contributed by atoms with E-state index < -0.39 is 10.0 Å². The molecule has 0 aliphatic heterocycles. The molecule has 0 saturated carbocycles. The van der Waals surface area contributed by atoms with Gasteiger partial charge < -0.3 is 4.74 Å². The lowest BCUT2D eigenvalue weighted by atomic mass is 10.1. The van der Waals surface area contributed by atoms with Gasteiger partial charge in [0.15, 0.2) is 0 Å². The van der Waals surface area contributed by atoms with Gasteiger partial charge in [-0.25, -0.2) is 13.1 Å². The standard InChI is InChI=1S/C19H19NO3S/c1-23-18-8-4-5-15(13-18)11-12-20-24(21,22)19-10-9-16-6-2-3-7-17(16)14-19/h2-10,13-14,20H,11-12H2,1H3. The van der Waals surface area contributed by atoms with E-state index in [2.05, 4.69) is 4.72 Å². The first-order valence-electron chi connectivity index (χ1n) is 7.70. The van der Waals surface area contributed by atoms with Crippen molar-refractivity contribution in [2.75, 3.05) is 13.7 Å². The quantitative estimate of drug-likeness (QED) is 0.748. The second-order valence-corrected chi connectivity index (χ2v) is 7.28. The summed E-state index contributed by atoms with van der Waals surface area (Å²) in [6, 6.07) is 20.5. The molecule has 0 spiro atoms. The van der Waals surface area contributed by atoms with Gasteiger partial charge in [0.1, 0.15) is 5.75 Å². The van der Waals surface area contributed by atoms with E-state index in [1.807, 2.05) is 54.6 Å². The fourth-order valence-electron chi connectivity index (χ4n) is 2.58. The van der Waals surface area contributed by atoms with Crippen LogP contribution in [0.4, 0.5) is 0 Å². The summed E-state index contributed by atoms with van der Waals surface area (Å²) in [5.74, 6) is 0.768. The minimum absolute atomic E-state index is 0.284. The SMILES string of the molecule is COc1cccc(CCNS(=O)(=O)c2ccc3ccccc3c2)c1. The van der Waals surface area contributed by atoms with Crippen LogP contribution in [0.25, 0.3) is 10.8 Å². The van der Waals surface area contributed by atoms with Gasteiger partial charge in [0.25, 0.3) is 0 Å². The second-order valence-electron chi connectivity index (χ2n) is 5.51. The lowest BCUT2D eigenvalue weighted by Crippen LogP contribution is -2.26. The minimum Gasteiger partial charge on any atom is -0.497 e. The van der Waals surface area contributed by atoms with E-state index >= 15 is 0 Å². The van der Waals surface area contributed by atoms with Crippen LogP contribution in [0.1, 0.15) is 5.56 Å². The van der Waals surface area contributed by atoms with Crippen LogP contribution in [0, 0.1) is 0 Å². The monoisotopic (exact) mass is 341 g/mol. The molecule has 0 aliphatic rings. The molecule has 1 N–H and O–H groups in total.